The van der Waals surface area contributed by atoms with Crippen molar-refractivity contribution in [2.75, 3.05) is 19.8 Å². The van der Waals surface area contributed by atoms with E-state index in [1.54, 1.807) is 18.2 Å². The van der Waals surface area contributed by atoms with Crippen LogP contribution in [0.2, 0.25) is 0 Å². The number of ether oxygens (including phenoxy) is 3. The molecule has 0 bridgehead atoms. The Morgan fingerprint density at radius 1 is 1.04 bits per heavy atom. The highest BCUT2D eigenvalue weighted by atomic mass is 16.6. The van der Waals surface area contributed by atoms with Gasteiger partial charge in [-0.1, -0.05) is 26.0 Å². The lowest BCUT2D eigenvalue weighted by molar-refractivity contribution is -0.152. The van der Waals surface area contributed by atoms with E-state index in [0.29, 0.717) is 18.1 Å². The number of carbonyl (C=O) groups excluding carboxylic acids is 3. The van der Waals surface area contributed by atoms with E-state index in [0.717, 1.165) is 12.8 Å². The summed E-state index contributed by atoms with van der Waals surface area (Å²) in [5.74, 6) is -0.668. The minimum atomic E-state index is -0.684. The maximum atomic E-state index is 11.7. The Balaban J connectivity index is 2.27. The third kappa shape index (κ3) is 7.87. The monoisotopic (exact) mass is 336 g/mol. The Bertz CT molecular complexity index is 564. The Morgan fingerprint density at radius 3 is 2.38 bits per heavy atom. The van der Waals surface area contributed by atoms with Gasteiger partial charge in [0.05, 0.1) is 12.2 Å². The fraction of sp³-hybridized carbons (Fsp3) is 0.500. The van der Waals surface area contributed by atoms with Crippen LogP contribution in [0.5, 0.6) is 5.75 Å². The van der Waals surface area contributed by atoms with Crippen molar-refractivity contribution in [2.45, 2.75) is 33.6 Å². The van der Waals surface area contributed by atoms with E-state index in [-0.39, 0.29) is 18.1 Å². The molecule has 0 spiro atoms. The molecule has 0 aliphatic carbocycles. The molecule has 132 valence electrons. The lowest BCUT2D eigenvalue weighted by Crippen LogP contribution is -2.21. The Hall–Kier alpha value is -2.21. The van der Waals surface area contributed by atoms with Crippen molar-refractivity contribution < 1.29 is 28.6 Å². The molecule has 1 rings (SSSR count). The summed E-state index contributed by atoms with van der Waals surface area (Å²) in [5, 5.41) is 0. The van der Waals surface area contributed by atoms with Gasteiger partial charge in [-0.15, -0.1) is 0 Å². The molecule has 24 heavy (non-hydrogen) atoms. The standard InChI is InChI=1S/C18H24O6/c1-13(2)7-6-10-23-17(20)11-22-12-18(21)24-16-9-5-4-8-15(16)14(3)19/h4-5,8-9,13H,6-7,10-12H2,1-3H3. The molecule has 0 saturated carbocycles. The number of para-hydroxylation sites is 1. The molecule has 0 unspecified atom stereocenters. The van der Waals surface area contributed by atoms with Crippen molar-refractivity contribution in [1.29, 1.82) is 0 Å². The van der Waals surface area contributed by atoms with Gasteiger partial charge < -0.3 is 14.2 Å². The van der Waals surface area contributed by atoms with Crippen molar-refractivity contribution in [3.8, 4) is 5.75 Å². The van der Waals surface area contributed by atoms with Crippen LogP contribution >= 0.6 is 0 Å². The van der Waals surface area contributed by atoms with E-state index in [1.807, 2.05) is 0 Å². The van der Waals surface area contributed by atoms with E-state index < -0.39 is 18.5 Å². The molecule has 0 radical (unpaired) electrons. The van der Waals surface area contributed by atoms with Gasteiger partial charge in [0.15, 0.2) is 5.78 Å². The SMILES string of the molecule is CC(=O)c1ccccc1OC(=O)COCC(=O)OCCCC(C)C. The first kappa shape index (κ1) is 19.8. The summed E-state index contributed by atoms with van der Waals surface area (Å²) in [4.78, 5) is 34.6. The van der Waals surface area contributed by atoms with Crippen molar-refractivity contribution in [3.05, 3.63) is 29.8 Å². The Morgan fingerprint density at radius 2 is 1.71 bits per heavy atom. The van der Waals surface area contributed by atoms with Crippen LogP contribution in [0, 0.1) is 5.92 Å². The second kappa shape index (κ2) is 10.5. The van der Waals surface area contributed by atoms with Gasteiger partial charge in [-0.3, -0.25) is 4.79 Å². The summed E-state index contributed by atoms with van der Waals surface area (Å²) in [6.07, 6.45) is 1.78. The van der Waals surface area contributed by atoms with Gasteiger partial charge in [0.25, 0.3) is 0 Å². The van der Waals surface area contributed by atoms with E-state index in [9.17, 15) is 14.4 Å². The third-order valence-electron chi connectivity index (χ3n) is 3.12. The quantitative estimate of drug-likeness (QED) is 0.283. The zero-order valence-corrected chi connectivity index (χ0v) is 14.4. The number of hydrogen-bond donors (Lipinski definition) is 0. The molecule has 1 aromatic rings. The number of carbonyl (C=O) groups is 3. The van der Waals surface area contributed by atoms with Gasteiger partial charge in [-0.05, 0) is 37.8 Å². The van der Waals surface area contributed by atoms with Crippen molar-refractivity contribution in [1.82, 2.24) is 0 Å². The van der Waals surface area contributed by atoms with Gasteiger partial charge >= 0.3 is 11.9 Å². The average molecular weight is 336 g/mol. The molecule has 0 saturated heterocycles. The summed E-state index contributed by atoms with van der Waals surface area (Å²) in [5.41, 5.74) is 0.315. The number of ketones is 1. The van der Waals surface area contributed by atoms with E-state index >= 15 is 0 Å². The van der Waals surface area contributed by atoms with Gasteiger partial charge in [0.1, 0.15) is 19.0 Å². The van der Waals surface area contributed by atoms with Crippen LogP contribution in [0.15, 0.2) is 24.3 Å². The van der Waals surface area contributed by atoms with Crippen molar-refractivity contribution in [3.63, 3.8) is 0 Å². The molecule has 1 aromatic carbocycles. The van der Waals surface area contributed by atoms with Gasteiger partial charge in [-0.2, -0.15) is 0 Å². The predicted octanol–water partition coefficient (Wildman–Crippen LogP) is 2.79. The highest BCUT2D eigenvalue weighted by Gasteiger charge is 2.13. The number of hydrogen-bond acceptors (Lipinski definition) is 6. The first-order valence-electron chi connectivity index (χ1n) is 7.94. The molecule has 0 heterocycles. The Labute approximate surface area is 142 Å². The largest absolute Gasteiger partial charge is 0.464 e. The summed E-state index contributed by atoms with van der Waals surface area (Å²) < 4.78 is 15.0. The topological polar surface area (TPSA) is 78.9 Å². The number of Topliss-reactive ketones (excluding diaryl/α,β-unsaturated/α-hetero) is 1. The van der Waals surface area contributed by atoms with E-state index in [1.165, 1.54) is 13.0 Å². The zero-order chi connectivity index (χ0) is 17.9. The van der Waals surface area contributed by atoms with E-state index in [2.05, 4.69) is 13.8 Å². The summed E-state index contributed by atoms with van der Waals surface area (Å²) >= 11 is 0. The van der Waals surface area contributed by atoms with Crippen LogP contribution < -0.4 is 4.74 Å². The molecule has 0 aromatic heterocycles. The second-order valence-electron chi connectivity index (χ2n) is 5.78. The van der Waals surface area contributed by atoms with Gasteiger partial charge in [-0.25, -0.2) is 9.59 Å². The molecule has 0 atom stereocenters. The highest BCUT2D eigenvalue weighted by Crippen LogP contribution is 2.18. The van der Waals surface area contributed by atoms with Gasteiger partial charge in [0, 0.05) is 0 Å². The molecule has 0 fully saturated rings. The van der Waals surface area contributed by atoms with Crippen molar-refractivity contribution in [2.24, 2.45) is 5.92 Å². The molecule has 0 amide bonds. The maximum absolute atomic E-state index is 11.7. The summed E-state index contributed by atoms with van der Waals surface area (Å²) in [6, 6.07) is 6.43. The van der Waals surface area contributed by atoms with Crippen molar-refractivity contribution >= 4 is 17.7 Å². The molecule has 0 aliphatic heterocycles. The van der Waals surface area contributed by atoms with Crippen LogP contribution in [0.25, 0.3) is 0 Å². The fourth-order valence-corrected chi connectivity index (χ4v) is 1.94. The van der Waals surface area contributed by atoms with Crippen LogP contribution in [-0.4, -0.2) is 37.5 Å². The maximum Gasteiger partial charge on any atom is 0.337 e. The Kier molecular flexibility index (Phi) is 8.71. The van der Waals surface area contributed by atoms with Crippen LogP contribution in [0.1, 0.15) is 44.0 Å². The lowest BCUT2D eigenvalue weighted by atomic mass is 10.1. The first-order chi connectivity index (χ1) is 11.4. The minimum Gasteiger partial charge on any atom is -0.464 e. The average Bonchev–Trinajstić information content (AvgIpc) is 2.51. The minimum absolute atomic E-state index is 0.176. The van der Waals surface area contributed by atoms with Crippen LogP contribution in [-0.2, 0) is 19.1 Å². The normalized spacial score (nSPS) is 10.5. The fourth-order valence-electron chi connectivity index (χ4n) is 1.94. The summed E-state index contributed by atoms with van der Waals surface area (Å²) in [7, 11) is 0. The number of benzene rings is 1. The predicted molar refractivity (Wildman–Crippen MR) is 87.9 cm³/mol. The molecule has 0 N–H and O–H groups in total. The molecule has 6 heteroatoms. The second-order valence-corrected chi connectivity index (χ2v) is 5.78. The number of esters is 2. The summed E-state index contributed by atoms with van der Waals surface area (Å²) in [6.45, 7) is 5.22. The lowest BCUT2D eigenvalue weighted by Gasteiger charge is -2.09. The molecular weight excluding hydrogens is 312 g/mol. The van der Waals surface area contributed by atoms with Crippen LogP contribution in [0.3, 0.4) is 0 Å². The van der Waals surface area contributed by atoms with E-state index in [4.69, 9.17) is 14.2 Å². The first-order valence-corrected chi connectivity index (χ1v) is 7.94. The molecular formula is C18H24O6. The van der Waals surface area contributed by atoms with Crippen LogP contribution in [0.4, 0.5) is 0 Å². The molecule has 0 aliphatic rings. The zero-order valence-electron chi connectivity index (χ0n) is 14.4. The molecule has 6 nitrogen and oxygen atoms in total. The smallest absolute Gasteiger partial charge is 0.337 e. The highest BCUT2D eigenvalue weighted by molar-refractivity contribution is 5.97. The van der Waals surface area contributed by atoms with Gasteiger partial charge in [0.2, 0.25) is 0 Å². The third-order valence-corrected chi connectivity index (χ3v) is 3.12. The number of rotatable bonds is 10.